The molecule has 4 atom stereocenters. The summed E-state index contributed by atoms with van der Waals surface area (Å²) in [5, 5.41) is 43.9. The molecule has 0 aromatic heterocycles. The molecule has 0 aliphatic carbocycles. The maximum Gasteiger partial charge on any atom is 0.105 e. The maximum absolute atomic E-state index is 11.3. The van der Waals surface area contributed by atoms with Crippen LogP contribution in [0.3, 0.4) is 0 Å². The molecule has 0 aromatic carbocycles. The lowest BCUT2D eigenvalue weighted by Gasteiger charge is -2.41. The first-order valence-electron chi connectivity index (χ1n) is 27.6. The van der Waals surface area contributed by atoms with Gasteiger partial charge in [0.25, 0.3) is 0 Å². The molecule has 0 spiro atoms. The second kappa shape index (κ2) is 46.7. The van der Waals surface area contributed by atoms with Crippen LogP contribution < -0.4 is 0 Å². The fourth-order valence-electron chi connectivity index (χ4n) is 9.54. The molecule has 0 bridgehead atoms. The van der Waals surface area contributed by atoms with Gasteiger partial charge in [-0.15, -0.1) is 0 Å². The molecule has 4 unspecified atom stereocenters. The van der Waals surface area contributed by atoms with E-state index in [9.17, 15) is 20.4 Å². The van der Waals surface area contributed by atoms with Crippen molar-refractivity contribution in [3.05, 3.63) is 0 Å². The molecule has 4 N–H and O–H groups in total. The molecule has 0 heterocycles. The van der Waals surface area contributed by atoms with Gasteiger partial charge in [0.2, 0.25) is 0 Å². The summed E-state index contributed by atoms with van der Waals surface area (Å²) in [6.07, 6.45) is 48.9. The summed E-state index contributed by atoms with van der Waals surface area (Å²) in [7, 11) is 0. The Hall–Kier alpha value is -0.240. The molecule has 0 amide bonds. The summed E-state index contributed by atoms with van der Waals surface area (Å²) in [6, 6.07) is 0. The van der Waals surface area contributed by atoms with Crippen LogP contribution in [0.25, 0.3) is 0 Å². The number of hydrogen-bond donors (Lipinski definition) is 4. The molecule has 0 aliphatic heterocycles. The molecule has 6 heteroatoms. The van der Waals surface area contributed by atoms with Crippen molar-refractivity contribution >= 4 is 0 Å². The van der Waals surface area contributed by atoms with Crippen LogP contribution in [0.15, 0.2) is 0 Å². The van der Waals surface area contributed by atoms with E-state index in [-0.39, 0.29) is 24.9 Å². The second-order valence-corrected chi connectivity index (χ2v) is 19.8. The number of aliphatic hydroxyl groups excluding tert-OH is 4. The van der Waals surface area contributed by atoms with Crippen LogP contribution in [0.4, 0.5) is 0 Å². The number of aliphatic hydroxyl groups is 4. The molecule has 0 radical (unpaired) electrons. The normalized spacial score (nSPS) is 14.6. The lowest BCUT2D eigenvalue weighted by molar-refractivity contribution is -0.929. The molecule has 0 aromatic rings. The Morgan fingerprint density at radius 2 is 0.617 bits per heavy atom. The van der Waals surface area contributed by atoms with Crippen LogP contribution in [-0.2, 0) is 0 Å². The first-order valence-corrected chi connectivity index (χ1v) is 27.6. The van der Waals surface area contributed by atoms with E-state index in [1.54, 1.807) is 0 Å². The van der Waals surface area contributed by atoms with Gasteiger partial charge in [-0.3, -0.25) is 4.90 Å². The van der Waals surface area contributed by atoms with Crippen molar-refractivity contribution < 1.29 is 24.9 Å². The predicted molar refractivity (Wildman–Crippen MR) is 264 cm³/mol. The highest BCUT2D eigenvalue weighted by atomic mass is 16.3. The molecule has 0 aliphatic rings. The zero-order valence-electron chi connectivity index (χ0n) is 41.6. The fourth-order valence-corrected chi connectivity index (χ4v) is 9.54. The second-order valence-electron chi connectivity index (χ2n) is 19.8. The highest BCUT2D eigenvalue weighted by Crippen LogP contribution is 2.19. The zero-order chi connectivity index (χ0) is 44.0. The van der Waals surface area contributed by atoms with Crippen LogP contribution in [0.2, 0.25) is 0 Å². The van der Waals surface area contributed by atoms with Crippen LogP contribution in [0.5, 0.6) is 0 Å². The number of quaternary nitrogens is 1. The van der Waals surface area contributed by atoms with E-state index in [0.717, 1.165) is 58.2 Å². The number of likely N-dealkylation sites (N-methyl/N-ethyl adjacent to an activating group) is 1. The standard InChI is InChI=1S/C54H113N2O4/c1-5-9-12-15-18-21-24-27-30-33-36-39-42-52(58)49-55(50-53(59)43-40-37-34-31-28-25-22-19-16-13-10-6-2)45-46-56(8-4,47-48-57)51-54(60)44-41-38-35-32-29-26-23-20-17-14-11-7-3/h52-54,57-60H,5-51H2,1-4H3/q+1. The van der Waals surface area contributed by atoms with E-state index in [2.05, 4.69) is 32.6 Å². The molecule has 0 fully saturated rings. The fraction of sp³-hybridized carbons (Fsp3) is 1.00. The van der Waals surface area contributed by atoms with Crippen molar-refractivity contribution in [2.45, 2.75) is 296 Å². The monoisotopic (exact) mass is 854 g/mol. The third-order valence-electron chi connectivity index (χ3n) is 13.8. The van der Waals surface area contributed by atoms with E-state index < -0.39 is 0 Å². The van der Waals surface area contributed by atoms with E-state index >= 15 is 0 Å². The quantitative estimate of drug-likeness (QED) is 0.0362. The average molecular weight is 855 g/mol. The van der Waals surface area contributed by atoms with Crippen molar-refractivity contribution in [2.75, 3.05) is 52.4 Å². The van der Waals surface area contributed by atoms with Gasteiger partial charge in [0, 0.05) is 19.6 Å². The van der Waals surface area contributed by atoms with E-state index in [4.69, 9.17) is 0 Å². The molecule has 0 rings (SSSR count). The van der Waals surface area contributed by atoms with Crippen LogP contribution >= 0.6 is 0 Å². The molecule has 362 valence electrons. The van der Waals surface area contributed by atoms with Gasteiger partial charge in [0.15, 0.2) is 0 Å². The van der Waals surface area contributed by atoms with Crippen molar-refractivity contribution in [3.8, 4) is 0 Å². The van der Waals surface area contributed by atoms with Crippen LogP contribution in [0, 0.1) is 0 Å². The van der Waals surface area contributed by atoms with E-state index in [1.807, 2.05) is 0 Å². The van der Waals surface area contributed by atoms with Gasteiger partial charge < -0.3 is 24.9 Å². The molecule has 0 saturated heterocycles. The van der Waals surface area contributed by atoms with Crippen molar-refractivity contribution in [2.24, 2.45) is 0 Å². The molecular formula is C54H113N2O4+. The SMILES string of the molecule is CCCCCCCCCCCCCCC(O)CN(CC[N+](CC)(CCO)CC(O)CCCCCCCCCCCCCC)CC(O)CCCCCCCCCCCCCC. The largest absolute Gasteiger partial charge is 0.392 e. The van der Waals surface area contributed by atoms with Crippen molar-refractivity contribution in [1.29, 1.82) is 0 Å². The van der Waals surface area contributed by atoms with Gasteiger partial charge in [-0.1, -0.05) is 252 Å². The first kappa shape index (κ1) is 59.8. The summed E-state index contributed by atoms with van der Waals surface area (Å²) >= 11 is 0. The third-order valence-corrected chi connectivity index (χ3v) is 13.8. The highest BCUT2D eigenvalue weighted by Gasteiger charge is 2.30. The molecule has 0 saturated carbocycles. The van der Waals surface area contributed by atoms with Gasteiger partial charge in [0.1, 0.15) is 19.2 Å². The lowest BCUT2D eigenvalue weighted by Crippen LogP contribution is -2.57. The van der Waals surface area contributed by atoms with Gasteiger partial charge in [0.05, 0.1) is 31.9 Å². The Bertz CT molecular complexity index is 781. The van der Waals surface area contributed by atoms with E-state index in [1.165, 1.54) is 212 Å². The number of unbranched alkanes of at least 4 members (excludes halogenated alkanes) is 33. The predicted octanol–water partition coefficient (Wildman–Crippen LogP) is 14.5. The molecule has 60 heavy (non-hydrogen) atoms. The topological polar surface area (TPSA) is 84.2 Å². The molecule has 6 nitrogen and oxygen atoms in total. The zero-order valence-corrected chi connectivity index (χ0v) is 41.6. The lowest BCUT2D eigenvalue weighted by atomic mass is 10.0. The summed E-state index contributed by atoms with van der Waals surface area (Å²) < 4.78 is 0.691. The summed E-state index contributed by atoms with van der Waals surface area (Å²) in [5.74, 6) is 0. The van der Waals surface area contributed by atoms with E-state index in [0.29, 0.717) is 30.7 Å². The number of rotatable bonds is 51. The van der Waals surface area contributed by atoms with Gasteiger partial charge in [-0.05, 0) is 26.2 Å². The Balaban J connectivity index is 4.86. The maximum atomic E-state index is 11.3. The highest BCUT2D eigenvalue weighted by molar-refractivity contribution is 4.71. The third kappa shape index (κ3) is 40.5. The smallest absolute Gasteiger partial charge is 0.105 e. The van der Waals surface area contributed by atoms with Crippen LogP contribution in [0.1, 0.15) is 278 Å². The van der Waals surface area contributed by atoms with Crippen molar-refractivity contribution in [3.63, 3.8) is 0 Å². The minimum atomic E-state index is -0.385. The Kier molecular flexibility index (Phi) is 46.6. The van der Waals surface area contributed by atoms with Gasteiger partial charge >= 0.3 is 0 Å². The number of nitrogens with zero attached hydrogens (tertiary/aromatic N) is 2. The minimum absolute atomic E-state index is 0.113. The summed E-state index contributed by atoms with van der Waals surface area (Å²) in [5.41, 5.74) is 0. The first-order chi connectivity index (χ1) is 29.4. The van der Waals surface area contributed by atoms with Gasteiger partial charge in [-0.2, -0.15) is 0 Å². The van der Waals surface area contributed by atoms with Crippen molar-refractivity contribution in [1.82, 2.24) is 4.90 Å². The average Bonchev–Trinajstić information content (AvgIpc) is 3.24. The van der Waals surface area contributed by atoms with Gasteiger partial charge in [-0.25, -0.2) is 0 Å². The summed E-state index contributed by atoms with van der Waals surface area (Å²) in [4.78, 5) is 2.31. The summed E-state index contributed by atoms with van der Waals surface area (Å²) in [6.45, 7) is 14.1. The van der Waals surface area contributed by atoms with Crippen LogP contribution in [-0.4, -0.2) is 101 Å². The Morgan fingerprint density at radius 1 is 0.350 bits per heavy atom. The Labute approximate surface area is 377 Å². The Morgan fingerprint density at radius 3 is 0.883 bits per heavy atom. The number of hydrogen-bond acceptors (Lipinski definition) is 5. The molecular weight excluding hydrogens is 741 g/mol. The minimum Gasteiger partial charge on any atom is -0.392 e.